The minimum absolute atomic E-state index is 0.0637. The van der Waals surface area contributed by atoms with Crippen molar-refractivity contribution in [3.63, 3.8) is 0 Å². The molecule has 0 spiro atoms. The van der Waals surface area contributed by atoms with Gasteiger partial charge in [-0.3, -0.25) is 28.7 Å². The number of rotatable bonds is 7. The van der Waals surface area contributed by atoms with Crippen LogP contribution in [-0.4, -0.2) is 101 Å². The lowest BCUT2D eigenvalue weighted by Crippen LogP contribution is -2.57. The van der Waals surface area contributed by atoms with Gasteiger partial charge in [0.2, 0.25) is 23.6 Å². The van der Waals surface area contributed by atoms with Crippen molar-refractivity contribution in [1.82, 2.24) is 35.5 Å². The summed E-state index contributed by atoms with van der Waals surface area (Å²) in [6, 6.07) is 15.8. The molecule has 1 aliphatic rings. The van der Waals surface area contributed by atoms with Crippen LogP contribution in [0.15, 0.2) is 60.7 Å². The smallest absolute Gasteiger partial charge is 0.272 e. The molecule has 4 rings (SSSR count). The van der Waals surface area contributed by atoms with Gasteiger partial charge in [-0.15, -0.1) is 0 Å². The lowest BCUT2D eigenvalue weighted by Gasteiger charge is -2.30. The maximum absolute atomic E-state index is 13.9. The fourth-order valence-corrected chi connectivity index (χ4v) is 6.01. The number of carbonyl (C=O) groups is 5. The van der Waals surface area contributed by atoms with Crippen LogP contribution in [0.4, 0.5) is 0 Å². The number of methoxy groups -OCH3 is 1. The number of likely N-dealkylation sites (N-methyl/N-ethyl adjacent to an activating group) is 1. The molecule has 0 aliphatic carbocycles. The van der Waals surface area contributed by atoms with Gasteiger partial charge in [0.15, 0.2) is 0 Å². The molecular formula is C38H51N7O6. The Morgan fingerprint density at radius 3 is 2.27 bits per heavy atom. The molecule has 2 heterocycles. The van der Waals surface area contributed by atoms with Crippen LogP contribution < -0.4 is 20.7 Å². The quantitative estimate of drug-likeness (QED) is 0.342. The number of nitrogens with zero attached hydrogens (tertiary/aromatic N) is 4. The molecule has 13 nitrogen and oxygen atoms in total. The van der Waals surface area contributed by atoms with E-state index in [0.29, 0.717) is 42.9 Å². The summed E-state index contributed by atoms with van der Waals surface area (Å²) in [6.07, 6.45) is 1.40. The van der Waals surface area contributed by atoms with Crippen molar-refractivity contribution in [2.45, 2.75) is 71.0 Å². The van der Waals surface area contributed by atoms with E-state index in [9.17, 15) is 24.0 Å². The summed E-state index contributed by atoms with van der Waals surface area (Å²) in [5, 5.41) is 13.2. The van der Waals surface area contributed by atoms with Gasteiger partial charge < -0.3 is 30.5 Å². The van der Waals surface area contributed by atoms with Crippen LogP contribution in [-0.2, 0) is 32.6 Å². The Morgan fingerprint density at radius 2 is 1.61 bits per heavy atom. The van der Waals surface area contributed by atoms with E-state index in [1.807, 2.05) is 56.3 Å². The molecule has 0 saturated carbocycles. The van der Waals surface area contributed by atoms with E-state index in [2.05, 4.69) is 21.0 Å². The molecule has 0 radical (unpaired) electrons. The van der Waals surface area contributed by atoms with Crippen LogP contribution in [0.2, 0.25) is 0 Å². The largest absolute Gasteiger partial charge is 0.497 e. The van der Waals surface area contributed by atoms with E-state index in [4.69, 9.17) is 4.74 Å². The molecule has 5 amide bonds. The lowest BCUT2D eigenvalue weighted by atomic mass is 10.00. The van der Waals surface area contributed by atoms with E-state index < -0.39 is 29.9 Å². The monoisotopic (exact) mass is 701 g/mol. The molecule has 2 aromatic carbocycles. The topological polar surface area (TPSA) is 155 Å². The van der Waals surface area contributed by atoms with Crippen molar-refractivity contribution in [3.05, 3.63) is 71.9 Å². The highest BCUT2D eigenvalue weighted by Crippen LogP contribution is 2.20. The summed E-state index contributed by atoms with van der Waals surface area (Å²) in [5.74, 6) is -1.14. The SMILES string of the molecule is COc1ccc(C[C@@H]2NC(=O)[C@@H](CC(C)C)NC(=O)CCCN(C(=O)c3cc(-c4ccccc4)nn3C)CCCNC(=O)[C@H](C)N(C)C2=O)cc1. The van der Waals surface area contributed by atoms with Crippen molar-refractivity contribution in [2.24, 2.45) is 13.0 Å². The summed E-state index contributed by atoms with van der Waals surface area (Å²) in [4.78, 5) is 71.0. The molecule has 3 atom stereocenters. The normalized spacial score (nSPS) is 20.3. The summed E-state index contributed by atoms with van der Waals surface area (Å²) < 4.78 is 6.81. The fraction of sp³-hybridized carbons (Fsp3) is 0.474. The van der Waals surface area contributed by atoms with Crippen molar-refractivity contribution >= 4 is 29.5 Å². The van der Waals surface area contributed by atoms with Crippen molar-refractivity contribution < 1.29 is 28.7 Å². The Hall–Kier alpha value is -5.20. The van der Waals surface area contributed by atoms with E-state index >= 15 is 0 Å². The molecule has 0 bridgehead atoms. The minimum Gasteiger partial charge on any atom is -0.497 e. The highest BCUT2D eigenvalue weighted by molar-refractivity contribution is 5.95. The second-order valence-electron chi connectivity index (χ2n) is 13.4. The molecule has 1 fully saturated rings. The third kappa shape index (κ3) is 10.6. The number of carbonyl (C=O) groups excluding carboxylic acids is 5. The van der Waals surface area contributed by atoms with Gasteiger partial charge in [-0.2, -0.15) is 5.10 Å². The van der Waals surface area contributed by atoms with Crippen molar-refractivity contribution in [3.8, 4) is 17.0 Å². The number of hydrogen-bond acceptors (Lipinski definition) is 7. The van der Waals surface area contributed by atoms with Gasteiger partial charge in [0.05, 0.1) is 12.8 Å². The van der Waals surface area contributed by atoms with Gasteiger partial charge in [0.1, 0.15) is 29.6 Å². The first-order valence-corrected chi connectivity index (χ1v) is 17.5. The Morgan fingerprint density at radius 1 is 0.922 bits per heavy atom. The maximum atomic E-state index is 13.9. The van der Waals surface area contributed by atoms with Gasteiger partial charge in [-0.25, -0.2) is 0 Å². The van der Waals surface area contributed by atoms with Crippen molar-refractivity contribution in [1.29, 1.82) is 0 Å². The minimum atomic E-state index is -0.995. The fourth-order valence-electron chi connectivity index (χ4n) is 6.01. The van der Waals surface area contributed by atoms with Crippen LogP contribution >= 0.6 is 0 Å². The van der Waals surface area contributed by atoms with Gasteiger partial charge in [0.25, 0.3) is 5.91 Å². The van der Waals surface area contributed by atoms with E-state index in [-0.39, 0.29) is 49.6 Å². The predicted molar refractivity (Wildman–Crippen MR) is 194 cm³/mol. The molecule has 13 heteroatoms. The molecule has 274 valence electrons. The molecule has 0 unspecified atom stereocenters. The van der Waals surface area contributed by atoms with E-state index in [1.54, 1.807) is 48.9 Å². The zero-order valence-electron chi connectivity index (χ0n) is 30.5. The number of hydrogen-bond donors (Lipinski definition) is 3. The summed E-state index contributed by atoms with van der Waals surface area (Å²) >= 11 is 0. The van der Waals surface area contributed by atoms with Gasteiger partial charge in [-0.05, 0) is 55.9 Å². The van der Waals surface area contributed by atoms with Crippen LogP contribution in [0, 0.1) is 5.92 Å². The summed E-state index contributed by atoms with van der Waals surface area (Å²) in [5.41, 5.74) is 2.74. The van der Waals surface area contributed by atoms with Gasteiger partial charge in [-0.1, -0.05) is 56.3 Å². The predicted octanol–water partition coefficient (Wildman–Crippen LogP) is 2.94. The third-order valence-corrected chi connectivity index (χ3v) is 9.07. The highest BCUT2D eigenvalue weighted by Gasteiger charge is 2.32. The molecule has 51 heavy (non-hydrogen) atoms. The number of amides is 5. The number of aryl methyl sites for hydroxylation is 1. The Balaban J connectivity index is 1.56. The lowest BCUT2D eigenvalue weighted by molar-refractivity contribution is -0.141. The molecular weight excluding hydrogens is 650 g/mol. The molecule has 3 aromatic rings. The second-order valence-corrected chi connectivity index (χ2v) is 13.4. The summed E-state index contributed by atoms with van der Waals surface area (Å²) in [6.45, 7) is 6.39. The van der Waals surface area contributed by atoms with Crippen molar-refractivity contribution in [2.75, 3.05) is 33.8 Å². The number of ether oxygens (including phenoxy) is 1. The van der Waals surface area contributed by atoms with E-state index in [1.165, 1.54) is 11.9 Å². The van der Waals surface area contributed by atoms with E-state index in [0.717, 1.165) is 11.1 Å². The molecule has 1 aliphatic heterocycles. The van der Waals surface area contributed by atoms with Crippen LogP contribution in [0.1, 0.15) is 62.5 Å². The number of aromatic nitrogens is 2. The molecule has 1 aromatic heterocycles. The standard InChI is InChI=1S/C38H51N7O6/c1-25(2)22-31-36(48)41-32(23-27-15-17-29(51-6)18-16-27)37(49)43(4)26(3)35(47)39-19-11-21-45(20-10-14-34(46)40-31)38(50)33-24-30(42-44(33)5)28-12-8-7-9-13-28/h7-9,12-13,15-18,24-26,31-32H,10-11,14,19-23H2,1-6H3,(H,39,47)(H,40,46)(H,41,48)/t26-,31+,32-/m0/s1. The number of benzene rings is 2. The number of nitrogens with one attached hydrogen (secondary N) is 3. The van der Waals surface area contributed by atoms with Gasteiger partial charge >= 0.3 is 0 Å². The first-order chi connectivity index (χ1) is 24.4. The Labute approximate surface area is 300 Å². The first kappa shape index (κ1) is 38.6. The zero-order valence-corrected chi connectivity index (χ0v) is 30.5. The Bertz CT molecular complexity index is 1660. The molecule has 3 N–H and O–H groups in total. The first-order valence-electron chi connectivity index (χ1n) is 17.5. The van der Waals surface area contributed by atoms with Gasteiger partial charge in [0, 0.05) is 52.1 Å². The maximum Gasteiger partial charge on any atom is 0.272 e. The summed E-state index contributed by atoms with van der Waals surface area (Å²) in [7, 11) is 4.81. The third-order valence-electron chi connectivity index (χ3n) is 9.07. The highest BCUT2D eigenvalue weighted by atomic mass is 16.5. The second kappa shape index (κ2) is 18.2. The zero-order chi connectivity index (χ0) is 37.1. The van der Waals surface area contributed by atoms with Crippen LogP contribution in [0.3, 0.4) is 0 Å². The molecule has 1 saturated heterocycles. The Kier molecular flexibility index (Phi) is 13.7. The average Bonchev–Trinajstić information content (AvgIpc) is 3.52. The average molecular weight is 702 g/mol. The van der Waals surface area contributed by atoms with Crippen LogP contribution in [0.25, 0.3) is 11.3 Å². The van der Waals surface area contributed by atoms with Crippen LogP contribution in [0.5, 0.6) is 5.75 Å².